The summed E-state index contributed by atoms with van der Waals surface area (Å²) in [4.78, 5) is 25.1. The summed E-state index contributed by atoms with van der Waals surface area (Å²) >= 11 is 1.91. The van der Waals surface area contributed by atoms with Crippen LogP contribution in [-0.2, 0) is 16.0 Å². The quantitative estimate of drug-likeness (QED) is 0.653. The number of hydrogen-bond donors (Lipinski definition) is 1. The van der Waals surface area contributed by atoms with Gasteiger partial charge in [-0.3, -0.25) is 4.79 Å². The molecule has 1 aromatic carbocycles. The number of carbonyl (C=O) groups excluding carboxylic acids is 2. The molecule has 24 heavy (non-hydrogen) atoms. The molecule has 1 aliphatic heterocycles. The summed E-state index contributed by atoms with van der Waals surface area (Å²) < 4.78 is 4.94. The first kappa shape index (κ1) is 18.6. The minimum Gasteiger partial charge on any atom is -0.466 e. The van der Waals surface area contributed by atoms with E-state index in [2.05, 4.69) is 12.2 Å². The van der Waals surface area contributed by atoms with Gasteiger partial charge in [-0.25, -0.2) is 4.79 Å². The van der Waals surface area contributed by atoms with E-state index in [9.17, 15) is 9.59 Å². The van der Waals surface area contributed by atoms with E-state index in [1.54, 1.807) is 0 Å². The van der Waals surface area contributed by atoms with Gasteiger partial charge < -0.3 is 15.0 Å². The lowest BCUT2D eigenvalue weighted by Gasteiger charge is -2.23. The zero-order chi connectivity index (χ0) is 17.4. The van der Waals surface area contributed by atoms with Crippen molar-refractivity contribution in [2.45, 2.75) is 26.7 Å². The van der Waals surface area contributed by atoms with Crippen LogP contribution in [-0.4, -0.2) is 48.1 Å². The maximum Gasteiger partial charge on any atom is 0.321 e. The van der Waals surface area contributed by atoms with Crippen LogP contribution in [0.2, 0.25) is 0 Å². The molecule has 1 atom stereocenters. The lowest BCUT2D eigenvalue weighted by atomic mass is 10.1. The molecule has 2 amide bonds. The van der Waals surface area contributed by atoms with Crippen molar-refractivity contribution in [3.05, 3.63) is 29.8 Å². The van der Waals surface area contributed by atoms with Crippen LogP contribution in [0.1, 0.15) is 25.8 Å². The first-order valence-corrected chi connectivity index (χ1v) is 9.56. The Bertz CT molecular complexity index is 565. The van der Waals surface area contributed by atoms with Gasteiger partial charge in [0.15, 0.2) is 0 Å². The molecule has 2 rings (SSSR count). The lowest BCUT2D eigenvalue weighted by Crippen LogP contribution is -2.38. The number of carbonyl (C=O) groups is 2. The minimum atomic E-state index is -0.249. The number of urea groups is 1. The summed E-state index contributed by atoms with van der Waals surface area (Å²) in [7, 11) is 0. The van der Waals surface area contributed by atoms with Gasteiger partial charge in [0, 0.05) is 31.5 Å². The van der Waals surface area contributed by atoms with Crippen LogP contribution in [0.4, 0.5) is 10.5 Å². The van der Waals surface area contributed by atoms with Gasteiger partial charge >= 0.3 is 12.0 Å². The molecule has 0 bridgehead atoms. The lowest BCUT2D eigenvalue weighted by molar-refractivity contribution is -0.141. The second-order valence-corrected chi connectivity index (χ2v) is 7.35. The van der Waals surface area contributed by atoms with Crippen molar-refractivity contribution < 1.29 is 14.3 Å². The normalized spacial score (nSPS) is 17.9. The molecule has 1 aromatic rings. The SMILES string of the molecule is CC(=O)OCCCc1cccc(NC(=O)N2CCSCC(C)C2)c1. The maximum atomic E-state index is 12.5. The predicted molar refractivity (Wildman–Crippen MR) is 98.5 cm³/mol. The molecule has 1 fully saturated rings. The highest BCUT2D eigenvalue weighted by Crippen LogP contribution is 2.17. The van der Waals surface area contributed by atoms with Gasteiger partial charge in [0.1, 0.15) is 0 Å². The van der Waals surface area contributed by atoms with Crippen molar-refractivity contribution in [1.82, 2.24) is 4.90 Å². The zero-order valence-electron chi connectivity index (χ0n) is 14.4. The molecule has 132 valence electrons. The number of amides is 2. The molecule has 0 aromatic heterocycles. The third kappa shape index (κ3) is 6.43. The summed E-state index contributed by atoms with van der Waals surface area (Å²) in [5.74, 6) is 2.38. The highest BCUT2D eigenvalue weighted by atomic mass is 32.2. The van der Waals surface area contributed by atoms with Crippen LogP contribution in [0.25, 0.3) is 0 Å². The van der Waals surface area contributed by atoms with Gasteiger partial charge in [-0.15, -0.1) is 0 Å². The van der Waals surface area contributed by atoms with Gasteiger partial charge in [0.2, 0.25) is 0 Å². The Labute approximate surface area is 148 Å². The molecule has 0 radical (unpaired) electrons. The van der Waals surface area contributed by atoms with Crippen molar-refractivity contribution >= 4 is 29.4 Å². The molecule has 1 saturated heterocycles. The second-order valence-electron chi connectivity index (χ2n) is 6.20. The molecular formula is C18H26N2O3S. The molecule has 1 heterocycles. The maximum absolute atomic E-state index is 12.5. The topological polar surface area (TPSA) is 58.6 Å². The summed E-state index contributed by atoms with van der Waals surface area (Å²) in [5, 5.41) is 3.00. The van der Waals surface area contributed by atoms with E-state index in [0.717, 1.165) is 48.7 Å². The minimum absolute atomic E-state index is 0.0265. The van der Waals surface area contributed by atoms with E-state index >= 15 is 0 Å². The first-order valence-electron chi connectivity index (χ1n) is 8.40. The monoisotopic (exact) mass is 350 g/mol. The first-order chi connectivity index (χ1) is 11.5. The van der Waals surface area contributed by atoms with Gasteiger partial charge in [-0.05, 0) is 42.2 Å². The van der Waals surface area contributed by atoms with Gasteiger partial charge in [-0.1, -0.05) is 19.1 Å². The van der Waals surface area contributed by atoms with Crippen molar-refractivity contribution in [1.29, 1.82) is 0 Å². The summed E-state index contributed by atoms with van der Waals surface area (Å²) in [6.07, 6.45) is 1.59. The Kier molecular flexibility index (Phi) is 7.43. The zero-order valence-corrected chi connectivity index (χ0v) is 15.2. The molecule has 0 saturated carbocycles. The van der Waals surface area contributed by atoms with E-state index in [0.29, 0.717) is 12.5 Å². The molecular weight excluding hydrogens is 324 g/mol. The largest absolute Gasteiger partial charge is 0.466 e. The number of esters is 1. The van der Waals surface area contributed by atoms with Crippen molar-refractivity contribution in [3.63, 3.8) is 0 Å². The number of nitrogens with one attached hydrogen (secondary N) is 1. The van der Waals surface area contributed by atoms with Crippen LogP contribution < -0.4 is 5.32 Å². The number of rotatable bonds is 5. The Balaban J connectivity index is 1.86. The van der Waals surface area contributed by atoms with Gasteiger partial charge in [-0.2, -0.15) is 11.8 Å². The van der Waals surface area contributed by atoms with Crippen LogP contribution >= 0.6 is 11.8 Å². The number of ether oxygens (including phenoxy) is 1. The van der Waals surface area contributed by atoms with E-state index < -0.39 is 0 Å². The number of hydrogen-bond acceptors (Lipinski definition) is 4. The van der Waals surface area contributed by atoms with Crippen molar-refractivity contribution in [2.24, 2.45) is 5.92 Å². The fraction of sp³-hybridized carbons (Fsp3) is 0.556. The number of aryl methyl sites for hydroxylation is 1. The standard InChI is InChI=1S/C18H26N2O3S/c1-14-12-20(8-10-24-13-14)18(22)19-17-7-3-5-16(11-17)6-4-9-23-15(2)21/h3,5,7,11,14H,4,6,8-10,12-13H2,1-2H3,(H,19,22). The Morgan fingerprint density at radius 1 is 1.42 bits per heavy atom. The number of benzene rings is 1. The highest BCUT2D eigenvalue weighted by Gasteiger charge is 2.19. The third-order valence-electron chi connectivity index (χ3n) is 3.82. The fourth-order valence-electron chi connectivity index (χ4n) is 2.66. The highest BCUT2D eigenvalue weighted by molar-refractivity contribution is 7.99. The molecule has 0 aliphatic carbocycles. The Morgan fingerprint density at radius 3 is 3.04 bits per heavy atom. The Hall–Kier alpha value is -1.69. The van der Waals surface area contributed by atoms with Crippen LogP contribution in [0, 0.1) is 5.92 Å². The van der Waals surface area contributed by atoms with E-state index in [-0.39, 0.29) is 12.0 Å². The summed E-state index contributed by atoms with van der Waals surface area (Å²) in [6.45, 7) is 5.62. The predicted octanol–water partition coefficient (Wildman–Crippen LogP) is 3.40. The van der Waals surface area contributed by atoms with Crippen molar-refractivity contribution in [3.8, 4) is 0 Å². The average molecular weight is 350 g/mol. The smallest absolute Gasteiger partial charge is 0.321 e. The molecule has 6 heteroatoms. The average Bonchev–Trinajstić information content (AvgIpc) is 2.76. The molecule has 1 aliphatic rings. The van der Waals surface area contributed by atoms with Gasteiger partial charge in [0.05, 0.1) is 6.61 Å². The number of thioether (sulfide) groups is 1. The van der Waals surface area contributed by atoms with Crippen molar-refractivity contribution in [2.75, 3.05) is 36.5 Å². The van der Waals surface area contributed by atoms with E-state index in [1.165, 1.54) is 6.92 Å². The molecule has 1 unspecified atom stereocenters. The second kappa shape index (κ2) is 9.57. The molecule has 1 N–H and O–H groups in total. The molecule has 0 spiro atoms. The van der Waals surface area contributed by atoms with Crippen LogP contribution in [0.15, 0.2) is 24.3 Å². The molecule has 5 nitrogen and oxygen atoms in total. The number of anilines is 1. The summed E-state index contributed by atoms with van der Waals surface area (Å²) in [5.41, 5.74) is 1.94. The third-order valence-corrected chi connectivity index (χ3v) is 5.10. The van der Waals surface area contributed by atoms with Crippen LogP contribution in [0.3, 0.4) is 0 Å². The van der Waals surface area contributed by atoms with E-state index in [1.807, 2.05) is 40.9 Å². The van der Waals surface area contributed by atoms with Crippen LogP contribution in [0.5, 0.6) is 0 Å². The fourth-order valence-corrected chi connectivity index (χ4v) is 3.69. The van der Waals surface area contributed by atoms with E-state index in [4.69, 9.17) is 4.74 Å². The van der Waals surface area contributed by atoms with Gasteiger partial charge in [0.25, 0.3) is 0 Å². The summed E-state index contributed by atoms with van der Waals surface area (Å²) in [6, 6.07) is 7.83. The number of nitrogens with zero attached hydrogens (tertiary/aromatic N) is 1. The Morgan fingerprint density at radius 2 is 2.25 bits per heavy atom.